The highest BCUT2D eigenvalue weighted by Gasteiger charge is 2.63. The molecule has 0 saturated carbocycles. The summed E-state index contributed by atoms with van der Waals surface area (Å²) < 4.78 is 144. The van der Waals surface area contributed by atoms with Crippen molar-refractivity contribution in [3.63, 3.8) is 0 Å². The van der Waals surface area contributed by atoms with Gasteiger partial charge in [-0.25, -0.2) is 23.1 Å². The first-order valence-electron chi connectivity index (χ1n) is 29.3. The van der Waals surface area contributed by atoms with E-state index in [4.69, 9.17) is 77.1 Å². The molecular formula is C45H84N2O48P4. The van der Waals surface area contributed by atoms with Gasteiger partial charge in [0.25, 0.3) is 5.79 Å². The molecule has 3 unspecified atom stereocenters. The summed E-state index contributed by atoms with van der Waals surface area (Å²) in [6.07, 6.45) is -85.2. The van der Waals surface area contributed by atoms with Crippen LogP contribution in [0.4, 0.5) is 0 Å². The van der Waals surface area contributed by atoms with Gasteiger partial charge < -0.3 is 195 Å². The Balaban J connectivity index is 1.63. The number of ether oxygens (including phenoxy) is 11. The summed E-state index contributed by atoms with van der Waals surface area (Å²) in [6, 6.07) is 0. The molecule has 6 rings (SSSR count). The normalized spacial score (nSPS) is 43.4. The standard InChI is InChI=1S/C45H84N2O48P4/c46-1-3-79-97(73,74)94-17(10-52)33-28(65)35(88-40-26(63)22(59)20(57)18(83-40)11-81-96(70,71)72)38(91-41-27(64)23(60)24(61)30(84-41)12(53)6-48)43(86-33)89-36-29(66)42(85-31(13(54)7-49)37(36)90-39-25(62)21(58)19(56)16(9-51)82-39)87-34-15(93-99(77,78)95-98(75,76)80-4-2-47)5-45(69,44(67)68)92-32(34)14(55)8-50/h12-43,48-66,69H,1-11,46-47H2,(H,67,68)(H,73,74)(H,75,76)(H,77,78)(H2,70,71,72)/t12-,13-,14+,15+,16+,17-,18+,19+,20+,21-,22-,23-,24-,25+,26+,27-,28+,29-,30+,31+,32+,33+,34+,35-,36+,37+,38-,39-,40+,41+,42+,43+,45+/m0/s1. The first-order valence-corrected chi connectivity index (χ1v) is 35.3. The quantitative estimate of drug-likeness (QED) is 0.0262. The Morgan fingerprint density at radius 1 is 0.465 bits per heavy atom. The number of rotatable bonds is 35. The third-order valence-corrected chi connectivity index (χ3v) is 19.9. The van der Waals surface area contributed by atoms with Crippen LogP contribution in [0.25, 0.3) is 0 Å². The highest BCUT2D eigenvalue weighted by Crippen LogP contribution is 2.62. The summed E-state index contributed by atoms with van der Waals surface area (Å²) in [5, 5.41) is 232. The summed E-state index contributed by atoms with van der Waals surface area (Å²) in [5.41, 5.74) is 10.7. The van der Waals surface area contributed by atoms with Crippen LogP contribution in [0.15, 0.2) is 0 Å². The van der Waals surface area contributed by atoms with Crippen LogP contribution in [-0.2, 0) is 102 Å². The number of nitrogens with two attached hydrogens (primary N) is 2. The van der Waals surface area contributed by atoms with Crippen LogP contribution in [-0.4, -0.2) is 406 Å². The summed E-state index contributed by atoms with van der Waals surface area (Å²) in [7, 11) is -23.2. The van der Waals surface area contributed by atoms with Gasteiger partial charge in [0.1, 0.15) is 165 Å². The van der Waals surface area contributed by atoms with Crippen LogP contribution < -0.4 is 11.5 Å². The molecule has 54 heteroatoms. The molecule has 6 heterocycles. The average molecular weight is 1550 g/mol. The molecule has 36 atom stereocenters. The smallest absolute Gasteiger partial charge is 0.477 e. The number of phosphoric ester groups is 4. The molecule has 50 nitrogen and oxygen atoms in total. The maximum Gasteiger partial charge on any atom is 0.481 e. The van der Waals surface area contributed by atoms with Crippen molar-refractivity contribution in [3.05, 3.63) is 0 Å². The Bertz CT molecular complexity index is 2720. The molecule has 582 valence electrons. The average Bonchev–Trinajstić information content (AvgIpc) is 0.766. The highest BCUT2D eigenvalue weighted by molar-refractivity contribution is 7.61. The molecule has 0 radical (unpaired) electrons. The Hall–Kier alpha value is -1.37. The molecule has 6 saturated heterocycles. The zero-order chi connectivity index (χ0) is 74.4. The minimum absolute atomic E-state index is 0.508. The van der Waals surface area contributed by atoms with Gasteiger partial charge in [0.05, 0.1) is 52.9 Å². The van der Waals surface area contributed by atoms with Gasteiger partial charge in [-0.3, -0.25) is 22.6 Å². The summed E-state index contributed by atoms with van der Waals surface area (Å²) in [5.74, 6) is -6.14. The van der Waals surface area contributed by atoms with Crippen molar-refractivity contribution >= 4 is 37.3 Å². The number of hydrogen-bond donors (Lipinski definition) is 28. The van der Waals surface area contributed by atoms with Gasteiger partial charge in [0.2, 0.25) is 0 Å². The van der Waals surface area contributed by atoms with E-state index in [1.54, 1.807) is 0 Å². The van der Waals surface area contributed by atoms with Gasteiger partial charge in [0.15, 0.2) is 31.5 Å². The van der Waals surface area contributed by atoms with E-state index in [1.165, 1.54) is 0 Å². The van der Waals surface area contributed by atoms with E-state index in [1.807, 2.05) is 0 Å². The van der Waals surface area contributed by atoms with Crippen molar-refractivity contribution in [2.24, 2.45) is 11.5 Å². The Morgan fingerprint density at radius 3 is 1.42 bits per heavy atom. The van der Waals surface area contributed by atoms with Crippen LogP contribution in [0.3, 0.4) is 0 Å². The fraction of sp³-hybridized carbons (Fsp3) is 0.978. The van der Waals surface area contributed by atoms with Crippen molar-refractivity contribution in [1.29, 1.82) is 0 Å². The third kappa shape index (κ3) is 21.5. The molecule has 0 aromatic carbocycles. The van der Waals surface area contributed by atoms with Crippen molar-refractivity contribution in [2.75, 3.05) is 65.9 Å². The second-order valence-corrected chi connectivity index (χ2v) is 28.3. The molecule has 0 spiro atoms. The topological polar surface area (TPSA) is 820 Å². The van der Waals surface area contributed by atoms with E-state index >= 15 is 0 Å². The number of aliphatic hydroxyl groups is 20. The van der Waals surface area contributed by atoms with Crippen molar-refractivity contribution in [2.45, 2.75) is 208 Å². The summed E-state index contributed by atoms with van der Waals surface area (Å²) in [4.78, 5) is 63.5. The van der Waals surface area contributed by atoms with Gasteiger partial charge in [-0.2, -0.15) is 4.31 Å². The maximum absolute atomic E-state index is 13.6. The number of carboxylic acid groups (broad SMARTS) is 1. The molecule has 0 bridgehead atoms. The SMILES string of the molecule is NCCOP(=O)(O)O[C@@H](CO)[C@H]1O[C@H](O[C@@H]2[C@H](O)[C@@H](O[C@H]3[C@@H]([C@H](O)CO)O[C@@](O)(C(=O)O)C[C@H]3OP(=O)(O)OP(=O)(O)OCCN)O[C@H]([C@@H](O)CO)[C@H]2O[C@@H]2O[C@H](CO)[C@@H](O)[C@H](O)[C@H]2O)[C@@H](O[C@H]2O[C@H]([C@@H](O)CO)[C@@H](O)[C@H](O)[C@@H]2O)[C@@H](O[C@H]2O[C@H](COP(=O)(O)O)[C@@H](O)[C@H](O)[C@H]2O)[C@@H]1O. The lowest BCUT2D eigenvalue weighted by Gasteiger charge is -2.53. The lowest BCUT2D eigenvalue weighted by molar-refractivity contribution is -0.422. The number of aliphatic carboxylic acids is 1. The second kappa shape index (κ2) is 36.5. The molecule has 6 aliphatic rings. The second-order valence-electron chi connectivity index (χ2n) is 22.7. The van der Waals surface area contributed by atoms with E-state index in [-0.39, 0.29) is 0 Å². The van der Waals surface area contributed by atoms with E-state index in [9.17, 15) is 155 Å². The Labute approximate surface area is 555 Å². The van der Waals surface area contributed by atoms with E-state index in [0.29, 0.717) is 0 Å². The minimum Gasteiger partial charge on any atom is -0.477 e. The monoisotopic (exact) mass is 1540 g/mol. The van der Waals surface area contributed by atoms with Crippen molar-refractivity contribution < 1.29 is 234 Å². The largest absolute Gasteiger partial charge is 0.481 e. The highest BCUT2D eigenvalue weighted by atomic mass is 31.3. The van der Waals surface area contributed by atoms with Crippen molar-refractivity contribution in [1.82, 2.24) is 0 Å². The zero-order valence-corrected chi connectivity index (χ0v) is 54.4. The number of aliphatic hydroxyl groups excluding tert-OH is 19. The molecular weight excluding hydrogens is 1460 g/mol. The lowest BCUT2D eigenvalue weighted by atomic mass is 9.91. The molecule has 0 amide bonds. The van der Waals surface area contributed by atoms with E-state index in [0.717, 1.165) is 0 Å². The lowest BCUT2D eigenvalue weighted by Crippen LogP contribution is -2.71. The molecule has 0 aromatic rings. The third-order valence-electron chi connectivity index (χ3n) is 15.7. The van der Waals surface area contributed by atoms with Gasteiger partial charge in [0, 0.05) is 19.5 Å². The fourth-order valence-corrected chi connectivity index (χ4v) is 14.3. The fourth-order valence-electron chi connectivity index (χ4n) is 10.8. The molecule has 6 fully saturated rings. The first kappa shape index (κ1) is 86.5. The minimum atomic E-state index is -6.32. The van der Waals surface area contributed by atoms with Crippen LogP contribution in [0.5, 0.6) is 0 Å². The Kier molecular flexibility index (Phi) is 31.9. The Morgan fingerprint density at radius 2 is 0.899 bits per heavy atom. The van der Waals surface area contributed by atoms with Gasteiger partial charge >= 0.3 is 37.3 Å². The van der Waals surface area contributed by atoms with Crippen LogP contribution in [0.1, 0.15) is 6.42 Å². The summed E-state index contributed by atoms with van der Waals surface area (Å²) >= 11 is 0. The zero-order valence-electron chi connectivity index (χ0n) is 50.8. The van der Waals surface area contributed by atoms with Gasteiger partial charge in [-0.15, -0.1) is 0 Å². The van der Waals surface area contributed by atoms with Crippen molar-refractivity contribution in [3.8, 4) is 0 Å². The molecule has 0 aromatic heterocycles. The van der Waals surface area contributed by atoms with Crippen LogP contribution in [0, 0.1) is 0 Å². The number of carbonyl (C=O) groups is 1. The molecule has 0 aliphatic carbocycles. The van der Waals surface area contributed by atoms with Gasteiger partial charge in [-0.1, -0.05) is 0 Å². The summed E-state index contributed by atoms with van der Waals surface area (Å²) in [6.45, 7) is -11.4. The predicted octanol–water partition coefficient (Wildman–Crippen LogP) is -15.7. The predicted molar refractivity (Wildman–Crippen MR) is 298 cm³/mol. The maximum atomic E-state index is 13.6. The number of phosphoric acid groups is 4. The molecule has 6 aliphatic heterocycles. The first-order chi connectivity index (χ1) is 46.1. The van der Waals surface area contributed by atoms with Crippen LogP contribution >= 0.6 is 31.3 Å². The number of carboxylic acids is 1. The molecule has 99 heavy (non-hydrogen) atoms. The van der Waals surface area contributed by atoms with E-state index < -0.39 is 312 Å². The number of hydrogen-bond acceptors (Lipinski definition) is 44. The van der Waals surface area contributed by atoms with Crippen LogP contribution in [0.2, 0.25) is 0 Å². The van der Waals surface area contributed by atoms with E-state index in [2.05, 4.69) is 13.4 Å². The van der Waals surface area contributed by atoms with Gasteiger partial charge in [-0.05, 0) is 0 Å². The molecule has 30 N–H and O–H groups in total.